The van der Waals surface area contributed by atoms with Crippen molar-refractivity contribution in [3.8, 4) is 0 Å². The van der Waals surface area contributed by atoms with Gasteiger partial charge in [0.15, 0.2) is 0 Å². The van der Waals surface area contributed by atoms with Crippen molar-refractivity contribution in [3.05, 3.63) is 0 Å². The highest BCUT2D eigenvalue weighted by Crippen LogP contribution is 2.18. The maximum atomic E-state index is 11.7. The maximum absolute atomic E-state index is 11.7. The van der Waals surface area contributed by atoms with Crippen LogP contribution in [-0.2, 0) is 9.53 Å². The lowest BCUT2D eigenvalue weighted by molar-refractivity contribution is -0.149. The fraction of sp³-hybridized carbons (Fsp3) is 0.933. The highest BCUT2D eigenvalue weighted by Gasteiger charge is 2.26. The van der Waals surface area contributed by atoms with E-state index in [9.17, 15) is 4.79 Å². The average molecular weight is 255 g/mol. The van der Waals surface area contributed by atoms with Crippen LogP contribution in [-0.4, -0.2) is 37.1 Å². The van der Waals surface area contributed by atoms with E-state index in [0.29, 0.717) is 6.61 Å². The van der Waals surface area contributed by atoms with Crippen molar-refractivity contribution in [2.45, 2.75) is 58.8 Å². The third-order valence-corrected chi connectivity index (χ3v) is 3.70. The summed E-state index contributed by atoms with van der Waals surface area (Å²) in [4.78, 5) is 14.2. The van der Waals surface area contributed by atoms with Crippen LogP contribution in [0, 0.1) is 5.92 Å². The van der Waals surface area contributed by atoms with Crippen molar-refractivity contribution >= 4 is 5.97 Å². The van der Waals surface area contributed by atoms with E-state index in [1.165, 1.54) is 32.1 Å². The molecule has 1 rings (SSSR count). The van der Waals surface area contributed by atoms with Gasteiger partial charge < -0.3 is 9.64 Å². The van der Waals surface area contributed by atoms with Gasteiger partial charge in [-0.3, -0.25) is 4.79 Å². The van der Waals surface area contributed by atoms with Gasteiger partial charge in [-0.25, -0.2) is 0 Å². The molecule has 106 valence electrons. The number of piperidine rings is 1. The molecule has 3 heteroatoms. The van der Waals surface area contributed by atoms with Crippen LogP contribution in [0.25, 0.3) is 0 Å². The van der Waals surface area contributed by atoms with Crippen molar-refractivity contribution in [3.63, 3.8) is 0 Å². The van der Waals surface area contributed by atoms with Gasteiger partial charge in [-0.15, -0.1) is 0 Å². The summed E-state index contributed by atoms with van der Waals surface area (Å²) in [6, 6.07) is 0. The molecule has 0 amide bonds. The van der Waals surface area contributed by atoms with Crippen LogP contribution in [0.4, 0.5) is 0 Å². The smallest absolute Gasteiger partial charge is 0.310 e. The first-order chi connectivity index (χ1) is 8.77. The van der Waals surface area contributed by atoms with E-state index in [0.717, 1.165) is 32.5 Å². The van der Waals surface area contributed by atoms with Gasteiger partial charge in [0.1, 0.15) is 0 Å². The Morgan fingerprint density at radius 2 is 2.00 bits per heavy atom. The molecular weight excluding hydrogens is 226 g/mol. The lowest BCUT2D eigenvalue weighted by atomic mass is 9.98. The Morgan fingerprint density at radius 3 is 2.72 bits per heavy atom. The van der Waals surface area contributed by atoms with Crippen molar-refractivity contribution < 1.29 is 9.53 Å². The predicted octanol–water partition coefficient (Wildman–Crippen LogP) is 3.23. The molecule has 0 radical (unpaired) electrons. The van der Waals surface area contributed by atoms with Crippen LogP contribution in [0.2, 0.25) is 0 Å². The zero-order valence-corrected chi connectivity index (χ0v) is 12.1. The van der Waals surface area contributed by atoms with Gasteiger partial charge in [-0.05, 0) is 39.3 Å². The molecule has 0 aromatic heterocycles. The minimum absolute atomic E-state index is 0.00758. The molecule has 3 nitrogen and oxygen atoms in total. The molecule has 1 unspecified atom stereocenters. The quantitative estimate of drug-likeness (QED) is 0.492. The number of esters is 1. The van der Waals surface area contributed by atoms with Crippen LogP contribution in [0.15, 0.2) is 0 Å². The fourth-order valence-electron chi connectivity index (χ4n) is 2.65. The van der Waals surface area contributed by atoms with E-state index in [1.807, 2.05) is 6.92 Å². The summed E-state index contributed by atoms with van der Waals surface area (Å²) >= 11 is 0. The first-order valence-electron chi connectivity index (χ1n) is 7.66. The molecule has 1 aliphatic rings. The van der Waals surface area contributed by atoms with Gasteiger partial charge in [-0.2, -0.15) is 0 Å². The summed E-state index contributed by atoms with van der Waals surface area (Å²) in [7, 11) is 0. The molecule has 0 saturated carbocycles. The maximum Gasteiger partial charge on any atom is 0.310 e. The van der Waals surface area contributed by atoms with E-state index in [2.05, 4.69) is 11.8 Å². The van der Waals surface area contributed by atoms with Crippen molar-refractivity contribution in [1.82, 2.24) is 4.90 Å². The first-order valence-corrected chi connectivity index (χ1v) is 7.66. The molecular formula is C15H29NO2. The van der Waals surface area contributed by atoms with Crippen molar-refractivity contribution in [2.24, 2.45) is 5.92 Å². The summed E-state index contributed by atoms with van der Waals surface area (Å²) in [5.41, 5.74) is 0. The zero-order chi connectivity index (χ0) is 13.2. The molecule has 0 aliphatic carbocycles. The van der Waals surface area contributed by atoms with Crippen LogP contribution in [0.1, 0.15) is 58.8 Å². The number of carbonyl (C=O) groups excluding carboxylic acids is 1. The molecule has 0 bridgehead atoms. The van der Waals surface area contributed by atoms with Gasteiger partial charge in [0.05, 0.1) is 12.5 Å². The Kier molecular flexibility index (Phi) is 8.06. The minimum atomic E-state index is 0.00758. The number of rotatable bonds is 8. The van der Waals surface area contributed by atoms with E-state index >= 15 is 0 Å². The lowest BCUT2D eigenvalue weighted by Crippen LogP contribution is -2.39. The van der Waals surface area contributed by atoms with Gasteiger partial charge in [-0.1, -0.05) is 32.6 Å². The monoisotopic (exact) mass is 255 g/mol. The van der Waals surface area contributed by atoms with E-state index in [1.54, 1.807) is 0 Å². The van der Waals surface area contributed by atoms with Crippen LogP contribution in [0.3, 0.4) is 0 Å². The minimum Gasteiger partial charge on any atom is -0.466 e. The SMILES string of the molecule is CCCCCCCN1CCCC(C(=O)OCC)C1. The number of likely N-dealkylation sites (tertiary alicyclic amines) is 1. The molecule has 18 heavy (non-hydrogen) atoms. The number of hydrogen-bond acceptors (Lipinski definition) is 3. The van der Waals surface area contributed by atoms with Gasteiger partial charge in [0.2, 0.25) is 0 Å². The number of nitrogens with zero attached hydrogens (tertiary/aromatic N) is 1. The van der Waals surface area contributed by atoms with E-state index in [-0.39, 0.29) is 11.9 Å². The molecule has 0 N–H and O–H groups in total. The summed E-state index contributed by atoms with van der Waals surface area (Å²) in [6.45, 7) is 7.85. The van der Waals surface area contributed by atoms with Crippen LogP contribution >= 0.6 is 0 Å². The third-order valence-electron chi connectivity index (χ3n) is 3.70. The molecule has 1 aliphatic heterocycles. The third kappa shape index (κ3) is 5.85. The zero-order valence-electron chi connectivity index (χ0n) is 12.1. The average Bonchev–Trinajstić information content (AvgIpc) is 2.39. The Labute approximate surface area is 112 Å². The van der Waals surface area contributed by atoms with Crippen molar-refractivity contribution in [1.29, 1.82) is 0 Å². The Hall–Kier alpha value is -0.570. The predicted molar refractivity (Wildman–Crippen MR) is 74.6 cm³/mol. The number of carbonyl (C=O) groups is 1. The molecule has 1 saturated heterocycles. The standard InChI is InChI=1S/C15H29NO2/c1-3-5-6-7-8-11-16-12-9-10-14(13-16)15(17)18-4-2/h14H,3-13H2,1-2H3. The topological polar surface area (TPSA) is 29.5 Å². The van der Waals surface area contributed by atoms with Crippen molar-refractivity contribution in [2.75, 3.05) is 26.2 Å². The van der Waals surface area contributed by atoms with Crippen LogP contribution in [0.5, 0.6) is 0 Å². The summed E-state index contributed by atoms with van der Waals surface area (Å²) in [5, 5.41) is 0. The van der Waals surface area contributed by atoms with E-state index in [4.69, 9.17) is 4.74 Å². The molecule has 0 spiro atoms. The number of ether oxygens (including phenoxy) is 1. The van der Waals surface area contributed by atoms with Gasteiger partial charge >= 0.3 is 5.97 Å². The molecule has 1 heterocycles. The summed E-state index contributed by atoms with van der Waals surface area (Å²) < 4.78 is 5.12. The summed E-state index contributed by atoms with van der Waals surface area (Å²) in [6.07, 6.45) is 8.75. The van der Waals surface area contributed by atoms with Gasteiger partial charge in [0, 0.05) is 6.54 Å². The van der Waals surface area contributed by atoms with Gasteiger partial charge in [0.25, 0.3) is 0 Å². The Balaban J connectivity index is 2.16. The number of unbranched alkanes of at least 4 members (excludes halogenated alkanes) is 4. The lowest BCUT2D eigenvalue weighted by Gasteiger charge is -2.31. The molecule has 1 atom stereocenters. The second kappa shape index (κ2) is 9.37. The highest BCUT2D eigenvalue weighted by atomic mass is 16.5. The molecule has 0 aromatic carbocycles. The van der Waals surface area contributed by atoms with Crippen LogP contribution < -0.4 is 0 Å². The fourth-order valence-corrected chi connectivity index (χ4v) is 2.65. The van der Waals surface area contributed by atoms with E-state index < -0.39 is 0 Å². The Morgan fingerprint density at radius 1 is 1.22 bits per heavy atom. The largest absolute Gasteiger partial charge is 0.466 e. The molecule has 1 fully saturated rings. The second-order valence-corrected chi connectivity index (χ2v) is 5.31. The normalized spacial score (nSPS) is 20.9. The Bertz CT molecular complexity index is 231. The molecule has 0 aromatic rings. The first kappa shape index (κ1) is 15.5. The summed E-state index contributed by atoms with van der Waals surface area (Å²) in [5.74, 6) is 0.127. The highest BCUT2D eigenvalue weighted by molar-refractivity contribution is 5.72. The number of hydrogen-bond donors (Lipinski definition) is 0. The second-order valence-electron chi connectivity index (χ2n) is 5.31.